The van der Waals surface area contributed by atoms with E-state index < -0.39 is 0 Å². The molecule has 1 unspecified atom stereocenters. The normalized spacial score (nSPS) is 18.2. The van der Waals surface area contributed by atoms with E-state index in [1.165, 1.54) is 12.7 Å². The van der Waals surface area contributed by atoms with Crippen LogP contribution in [0.5, 0.6) is 0 Å². The lowest BCUT2D eigenvalue weighted by Crippen LogP contribution is -2.35. The number of ether oxygens (including phenoxy) is 1. The molecular formula is C26H41NO4. The van der Waals surface area contributed by atoms with Gasteiger partial charge in [0.2, 0.25) is 5.91 Å². The Kier molecular flexibility index (Phi) is 11.7. The zero-order chi connectivity index (χ0) is 22.5. The number of carbonyl (C=O) groups excluding carboxylic acids is 2. The summed E-state index contributed by atoms with van der Waals surface area (Å²) in [7, 11) is 1.42. The van der Waals surface area contributed by atoms with E-state index in [4.69, 9.17) is 0 Å². The number of esters is 1. The first-order chi connectivity index (χ1) is 15.0. The van der Waals surface area contributed by atoms with Gasteiger partial charge in [0.1, 0.15) is 0 Å². The van der Waals surface area contributed by atoms with E-state index >= 15 is 0 Å². The smallest absolute Gasteiger partial charge is 0.305 e. The molecule has 1 aromatic carbocycles. The highest BCUT2D eigenvalue weighted by Crippen LogP contribution is 2.26. The van der Waals surface area contributed by atoms with E-state index in [0.29, 0.717) is 12.8 Å². The average Bonchev–Trinajstić information content (AvgIpc) is 3.14. The molecule has 5 heteroatoms. The quantitative estimate of drug-likeness (QED) is 0.317. The second-order valence-corrected chi connectivity index (χ2v) is 9.02. The first-order valence-corrected chi connectivity index (χ1v) is 12.1. The molecule has 1 fully saturated rings. The van der Waals surface area contributed by atoms with E-state index in [-0.39, 0.29) is 29.9 Å². The third-order valence-electron chi connectivity index (χ3n) is 6.63. The fraction of sp³-hybridized carbons (Fsp3) is 0.692. The molecule has 3 atom stereocenters. The molecule has 1 aliphatic rings. The number of rotatable bonds is 15. The third-order valence-corrected chi connectivity index (χ3v) is 6.63. The second-order valence-electron chi connectivity index (χ2n) is 9.02. The number of hydrogen-bond acceptors (Lipinski definition) is 4. The van der Waals surface area contributed by atoms with Gasteiger partial charge in [-0.1, -0.05) is 50.1 Å². The Labute approximate surface area is 188 Å². The van der Waals surface area contributed by atoms with Gasteiger partial charge in [0.05, 0.1) is 13.2 Å². The number of amides is 1. The SMILES string of the molecule is COC(=O)CCCCCCN1C(=O)CCC1CC[C@@H](O)[C@H](C)CCCc1ccccc1. The number of likely N-dealkylation sites (tertiary alicyclic amines) is 1. The van der Waals surface area contributed by atoms with Crippen LogP contribution in [-0.2, 0) is 20.7 Å². The van der Waals surface area contributed by atoms with Crippen molar-refractivity contribution in [3.05, 3.63) is 35.9 Å². The summed E-state index contributed by atoms with van der Waals surface area (Å²) in [6.07, 6.45) is 10.4. The van der Waals surface area contributed by atoms with Gasteiger partial charge in [0, 0.05) is 25.4 Å². The lowest BCUT2D eigenvalue weighted by Gasteiger charge is -2.27. The first kappa shape index (κ1) is 25.4. The van der Waals surface area contributed by atoms with Crippen LogP contribution in [0, 0.1) is 5.92 Å². The summed E-state index contributed by atoms with van der Waals surface area (Å²) in [6, 6.07) is 10.8. The number of benzene rings is 1. The molecule has 174 valence electrons. The van der Waals surface area contributed by atoms with Crippen LogP contribution in [0.3, 0.4) is 0 Å². The number of nitrogens with zero attached hydrogens (tertiary/aromatic N) is 1. The largest absolute Gasteiger partial charge is 0.469 e. The highest BCUT2D eigenvalue weighted by molar-refractivity contribution is 5.78. The summed E-state index contributed by atoms with van der Waals surface area (Å²) in [5.74, 6) is 0.386. The van der Waals surface area contributed by atoms with E-state index in [9.17, 15) is 14.7 Å². The molecule has 0 spiro atoms. The van der Waals surface area contributed by atoms with Crippen molar-refractivity contribution in [2.24, 2.45) is 5.92 Å². The Morgan fingerprint density at radius 1 is 1.13 bits per heavy atom. The minimum atomic E-state index is -0.299. The lowest BCUT2D eigenvalue weighted by molar-refractivity contribution is -0.140. The van der Waals surface area contributed by atoms with Crippen LogP contribution in [0.2, 0.25) is 0 Å². The lowest BCUT2D eigenvalue weighted by atomic mass is 9.92. The van der Waals surface area contributed by atoms with Crippen LogP contribution in [0.25, 0.3) is 0 Å². The van der Waals surface area contributed by atoms with Crippen molar-refractivity contribution in [3.8, 4) is 0 Å². The molecule has 0 saturated carbocycles. The number of carbonyl (C=O) groups is 2. The number of hydrogen-bond donors (Lipinski definition) is 1. The molecular weight excluding hydrogens is 390 g/mol. The Morgan fingerprint density at radius 2 is 1.87 bits per heavy atom. The van der Waals surface area contributed by atoms with Gasteiger partial charge in [-0.25, -0.2) is 0 Å². The van der Waals surface area contributed by atoms with Crippen molar-refractivity contribution in [1.82, 2.24) is 4.90 Å². The zero-order valence-corrected chi connectivity index (χ0v) is 19.4. The molecule has 1 saturated heterocycles. The first-order valence-electron chi connectivity index (χ1n) is 12.1. The van der Waals surface area contributed by atoms with Crippen molar-refractivity contribution in [3.63, 3.8) is 0 Å². The van der Waals surface area contributed by atoms with Gasteiger partial charge in [-0.15, -0.1) is 0 Å². The van der Waals surface area contributed by atoms with Gasteiger partial charge < -0.3 is 14.7 Å². The highest BCUT2D eigenvalue weighted by Gasteiger charge is 2.30. The molecule has 31 heavy (non-hydrogen) atoms. The van der Waals surface area contributed by atoms with Crippen LogP contribution < -0.4 is 0 Å². The van der Waals surface area contributed by atoms with Gasteiger partial charge >= 0.3 is 5.97 Å². The average molecular weight is 432 g/mol. The molecule has 2 rings (SSSR count). The Hall–Kier alpha value is -1.88. The Balaban J connectivity index is 1.62. The van der Waals surface area contributed by atoms with Gasteiger partial charge in [0.15, 0.2) is 0 Å². The van der Waals surface area contributed by atoms with Crippen molar-refractivity contribution >= 4 is 11.9 Å². The van der Waals surface area contributed by atoms with Crippen molar-refractivity contribution in [2.45, 2.75) is 96.1 Å². The van der Waals surface area contributed by atoms with Crippen LogP contribution in [0.15, 0.2) is 30.3 Å². The minimum Gasteiger partial charge on any atom is -0.469 e. The summed E-state index contributed by atoms with van der Waals surface area (Å²) < 4.78 is 4.66. The van der Waals surface area contributed by atoms with Gasteiger partial charge in [0.25, 0.3) is 0 Å². The standard InChI is InChI=1S/C26H41NO4/c1-21(11-10-14-22-12-6-5-7-13-22)24(28)18-16-23-17-19-25(29)27(23)20-9-4-3-8-15-26(30)31-2/h5-7,12-13,21,23-24,28H,3-4,8-11,14-20H2,1-2H3/t21-,23?,24-/m1/s1. The predicted octanol–water partition coefficient (Wildman–Crippen LogP) is 4.90. The minimum absolute atomic E-state index is 0.150. The summed E-state index contributed by atoms with van der Waals surface area (Å²) in [5.41, 5.74) is 1.36. The van der Waals surface area contributed by atoms with E-state index in [2.05, 4.69) is 35.9 Å². The molecule has 5 nitrogen and oxygen atoms in total. The van der Waals surface area contributed by atoms with E-state index in [1.807, 2.05) is 11.0 Å². The van der Waals surface area contributed by atoms with Crippen LogP contribution in [-0.4, -0.2) is 47.7 Å². The zero-order valence-electron chi connectivity index (χ0n) is 19.4. The Bertz CT molecular complexity index is 648. The van der Waals surface area contributed by atoms with Crippen molar-refractivity contribution in [2.75, 3.05) is 13.7 Å². The second kappa shape index (κ2) is 14.2. The van der Waals surface area contributed by atoms with Crippen molar-refractivity contribution in [1.29, 1.82) is 0 Å². The van der Waals surface area contributed by atoms with Crippen molar-refractivity contribution < 1.29 is 19.4 Å². The number of aliphatic hydroxyl groups excluding tert-OH is 1. The number of aryl methyl sites for hydroxylation is 1. The third kappa shape index (κ3) is 9.42. The van der Waals surface area contributed by atoms with Gasteiger partial charge in [-0.05, 0) is 62.8 Å². The number of unbranched alkanes of at least 4 members (excludes halogenated alkanes) is 3. The topological polar surface area (TPSA) is 66.8 Å². The maximum absolute atomic E-state index is 12.3. The fourth-order valence-electron chi connectivity index (χ4n) is 4.52. The molecule has 1 amide bonds. The summed E-state index contributed by atoms with van der Waals surface area (Å²) in [4.78, 5) is 25.5. The molecule has 1 heterocycles. The molecule has 1 N–H and O–H groups in total. The number of aliphatic hydroxyl groups is 1. The van der Waals surface area contributed by atoms with Crippen LogP contribution in [0.4, 0.5) is 0 Å². The molecule has 1 aliphatic heterocycles. The summed E-state index contributed by atoms with van der Waals surface area (Å²) in [6.45, 7) is 2.94. The molecule has 0 aromatic heterocycles. The maximum Gasteiger partial charge on any atom is 0.305 e. The summed E-state index contributed by atoms with van der Waals surface area (Å²) in [5, 5.41) is 10.6. The number of methoxy groups -OCH3 is 1. The molecule has 0 bridgehead atoms. The van der Waals surface area contributed by atoms with Gasteiger partial charge in [-0.3, -0.25) is 9.59 Å². The fourth-order valence-corrected chi connectivity index (χ4v) is 4.52. The van der Waals surface area contributed by atoms with Crippen LogP contribution in [0.1, 0.15) is 83.1 Å². The molecule has 1 aromatic rings. The molecule has 0 radical (unpaired) electrons. The summed E-state index contributed by atoms with van der Waals surface area (Å²) >= 11 is 0. The molecule has 0 aliphatic carbocycles. The Morgan fingerprint density at radius 3 is 2.61 bits per heavy atom. The predicted molar refractivity (Wildman–Crippen MR) is 124 cm³/mol. The monoisotopic (exact) mass is 431 g/mol. The van der Waals surface area contributed by atoms with E-state index in [0.717, 1.165) is 70.8 Å². The van der Waals surface area contributed by atoms with E-state index in [1.54, 1.807) is 0 Å². The van der Waals surface area contributed by atoms with Crippen LogP contribution >= 0.6 is 0 Å². The maximum atomic E-state index is 12.3. The van der Waals surface area contributed by atoms with Gasteiger partial charge in [-0.2, -0.15) is 0 Å². The highest BCUT2D eigenvalue weighted by atomic mass is 16.5.